The van der Waals surface area contributed by atoms with Gasteiger partial charge in [0.1, 0.15) is 5.75 Å². The lowest BCUT2D eigenvalue weighted by molar-refractivity contribution is -0.138. The summed E-state index contributed by atoms with van der Waals surface area (Å²) >= 11 is 0. The fraction of sp³-hybridized carbons (Fsp3) is 0.417. The van der Waals surface area contributed by atoms with Crippen molar-refractivity contribution in [2.75, 3.05) is 13.7 Å². The third-order valence-corrected chi connectivity index (χ3v) is 2.95. The molecule has 0 aliphatic carbocycles. The summed E-state index contributed by atoms with van der Waals surface area (Å²) in [5.74, 6) is -0.980. The van der Waals surface area contributed by atoms with Crippen LogP contribution in [0, 0.1) is 0 Å². The number of halogens is 3. The molecule has 0 bridgehead atoms. The number of benzene rings is 1. The topological polar surface area (TPSA) is 61.5 Å². The Balaban J connectivity index is 2.63. The Morgan fingerprint density at radius 3 is 2.74 bits per heavy atom. The van der Waals surface area contributed by atoms with Crippen LogP contribution in [0.15, 0.2) is 12.1 Å². The lowest BCUT2D eigenvalue weighted by atomic mass is 9.95. The van der Waals surface area contributed by atoms with Gasteiger partial charge < -0.3 is 15.2 Å². The minimum absolute atomic E-state index is 0.0683. The zero-order valence-electron chi connectivity index (χ0n) is 10.1. The Morgan fingerprint density at radius 1 is 1.47 bits per heavy atom. The van der Waals surface area contributed by atoms with Crippen LogP contribution >= 0.6 is 0 Å². The van der Waals surface area contributed by atoms with Gasteiger partial charge in [-0.05, 0) is 12.1 Å². The Hall–Kier alpha value is -1.76. The molecule has 4 nitrogen and oxygen atoms in total. The number of carbonyl (C=O) groups excluding carboxylic acids is 1. The number of carbonyl (C=O) groups is 1. The van der Waals surface area contributed by atoms with Gasteiger partial charge in [-0.15, -0.1) is 0 Å². The summed E-state index contributed by atoms with van der Waals surface area (Å²) in [5.41, 5.74) is 4.57. The van der Waals surface area contributed by atoms with E-state index in [0.29, 0.717) is 12.0 Å². The monoisotopic (exact) mass is 275 g/mol. The summed E-state index contributed by atoms with van der Waals surface area (Å²) in [7, 11) is 1.03. The van der Waals surface area contributed by atoms with E-state index in [1.165, 1.54) is 0 Å². The minimum atomic E-state index is -4.66. The third-order valence-electron chi connectivity index (χ3n) is 2.95. The van der Waals surface area contributed by atoms with Gasteiger partial charge in [0.15, 0.2) is 0 Å². The number of alkyl halides is 3. The number of esters is 1. The molecular weight excluding hydrogens is 263 g/mol. The van der Waals surface area contributed by atoms with Crippen molar-refractivity contribution in [2.24, 2.45) is 5.73 Å². The van der Waals surface area contributed by atoms with Crippen LogP contribution in [0.2, 0.25) is 0 Å². The Bertz CT molecular complexity index is 514. The van der Waals surface area contributed by atoms with Gasteiger partial charge in [0.05, 0.1) is 24.8 Å². The van der Waals surface area contributed by atoms with Crippen LogP contribution in [0.4, 0.5) is 13.2 Å². The van der Waals surface area contributed by atoms with Crippen molar-refractivity contribution in [1.29, 1.82) is 0 Å². The predicted octanol–water partition coefficient (Wildman–Crippen LogP) is 2.27. The van der Waals surface area contributed by atoms with Crippen LogP contribution < -0.4 is 10.5 Å². The van der Waals surface area contributed by atoms with Gasteiger partial charge in [-0.2, -0.15) is 13.2 Å². The summed E-state index contributed by atoms with van der Waals surface area (Å²) in [6, 6.07) is 1.46. The molecule has 1 aromatic carbocycles. The third kappa shape index (κ3) is 2.51. The first kappa shape index (κ1) is 13.7. The van der Waals surface area contributed by atoms with Gasteiger partial charge in [-0.1, -0.05) is 0 Å². The fourth-order valence-electron chi connectivity index (χ4n) is 1.98. The van der Waals surface area contributed by atoms with E-state index < -0.39 is 29.3 Å². The summed E-state index contributed by atoms with van der Waals surface area (Å²) < 4.78 is 48.3. The van der Waals surface area contributed by atoms with Crippen molar-refractivity contribution >= 4 is 5.97 Å². The summed E-state index contributed by atoms with van der Waals surface area (Å²) in [6.07, 6.45) is -4.18. The zero-order chi connectivity index (χ0) is 14.2. The van der Waals surface area contributed by atoms with Crippen molar-refractivity contribution in [3.05, 3.63) is 28.8 Å². The van der Waals surface area contributed by atoms with E-state index in [4.69, 9.17) is 10.5 Å². The molecule has 0 unspecified atom stereocenters. The van der Waals surface area contributed by atoms with Crippen molar-refractivity contribution in [3.8, 4) is 5.75 Å². The molecule has 0 aromatic heterocycles. The van der Waals surface area contributed by atoms with Crippen LogP contribution in [0.3, 0.4) is 0 Å². The average Bonchev–Trinajstić information content (AvgIpc) is 2.36. The number of nitrogens with two attached hydrogens (primary N) is 1. The highest BCUT2D eigenvalue weighted by atomic mass is 19.4. The maximum absolute atomic E-state index is 12.9. The average molecular weight is 275 g/mol. The molecule has 1 aliphatic heterocycles. The lowest BCUT2D eigenvalue weighted by Gasteiger charge is -2.25. The quantitative estimate of drug-likeness (QED) is 0.799. The summed E-state index contributed by atoms with van der Waals surface area (Å²) in [4.78, 5) is 11.5. The number of hydrogen-bond acceptors (Lipinski definition) is 4. The van der Waals surface area contributed by atoms with Gasteiger partial charge in [0.2, 0.25) is 0 Å². The van der Waals surface area contributed by atoms with Crippen LogP contribution in [-0.2, 0) is 10.9 Å². The lowest BCUT2D eigenvalue weighted by Crippen LogP contribution is -2.23. The van der Waals surface area contributed by atoms with E-state index >= 15 is 0 Å². The molecule has 1 heterocycles. The Morgan fingerprint density at radius 2 is 2.16 bits per heavy atom. The van der Waals surface area contributed by atoms with E-state index in [1.54, 1.807) is 0 Å². The number of methoxy groups -OCH3 is 1. The van der Waals surface area contributed by atoms with E-state index in [-0.39, 0.29) is 12.4 Å². The largest absolute Gasteiger partial charge is 0.493 e. The molecule has 104 valence electrons. The molecule has 0 saturated heterocycles. The number of ether oxygens (including phenoxy) is 2. The highest BCUT2D eigenvalue weighted by molar-refractivity contribution is 5.92. The van der Waals surface area contributed by atoms with E-state index in [9.17, 15) is 18.0 Å². The predicted molar refractivity (Wildman–Crippen MR) is 59.8 cm³/mol. The number of hydrogen-bond donors (Lipinski definition) is 1. The van der Waals surface area contributed by atoms with Gasteiger partial charge >= 0.3 is 12.1 Å². The molecule has 0 fully saturated rings. The molecule has 1 aromatic rings. The second kappa shape index (κ2) is 4.73. The SMILES string of the molecule is COC(=O)c1cc2c(cc1C(F)(F)F)OCC[C@H]2N. The van der Waals surface area contributed by atoms with Crippen molar-refractivity contribution in [3.63, 3.8) is 0 Å². The molecule has 1 aliphatic rings. The van der Waals surface area contributed by atoms with E-state index in [2.05, 4.69) is 4.74 Å². The molecule has 0 amide bonds. The van der Waals surface area contributed by atoms with Gasteiger partial charge in [-0.3, -0.25) is 0 Å². The molecule has 19 heavy (non-hydrogen) atoms. The minimum Gasteiger partial charge on any atom is -0.493 e. The molecule has 7 heteroatoms. The fourth-order valence-corrected chi connectivity index (χ4v) is 1.98. The number of rotatable bonds is 1. The van der Waals surface area contributed by atoms with Gasteiger partial charge in [-0.25, -0.2) is 4.79 Å². The molecule has 2 rings (SSSR count). The zero-order valence-corrected chi connectivity index (χ0v) is 10.1. The normalized spacial score (nSPS) is 18.5. The Kier molecular flexibility index (Phi) is 3.40. The van der Waals surface area contributed by atoms with Crippen molar-refractivity contribution in [2.45, 2.75) is 18.6 Å². The first-order chi connectivity index (χ1) is 8.84. The smallest absolute Gasteiger partial charge is 0.417 e. The standard InChI is InChI=1S/C12H12F3NO3/c1-18-11(17)6-4-7-9(16)2-3-19-10(7)5-8(6)12(13,14)15/h4-5,9H,2-3,16H2,1H3/t9-/m1/s1. The Labute approximate surface area is 107 Å². The maximum atomic E-state index is 12.9. The molecular formula is C12H12F3NO3. The van der Waals surface area contributed by atoms with Crippen molar-refractivity contribution < 1.29 is 27.4 Å². The first-order valence-electron chi connectivity index (χ1n) is 5.56. The molecule has 2 N–H and O–H groups in total. The second-order valence-corrected chi connectivity index (χ2v) is 4.17. The maximum Gasteiger partial charge on any atom is 0.417 e. The summed E-state index contributed by atoms with van der Waals surface area (Å²) in [5, 5.41) is 0. The van der Waals surface area contributed by atoms with Crippen LogP contribution in [0.25, 0.3) is 0 Å². The van der Waals surface area contributed by atoms with E-state index in [1.807, 2.05) is 0 Å². The molecule has 1 atom stereocenters. The highest BCUT2D eigenvalue weighted by Crippen LogP contribution is 2.39. The van der Waals surface area contributed by atoms with Crippen LogP contribution in [0.1, 0.15) is 33.9 Å². The molecule has 0 radical (unpaired) electrons. The van der Waals surface area contributed by atoms with Crippen LogP contribution in [0.5, 0.6) is 5.75 Å². The van der Waals surface area contributed by atoms with Crippen molar-refractivity contribution in [1.82, 2.24) is 0 Å². The second-order valence-electron chi connectivity index (χ2n) is 4.17. The number of fused-ring (bicyclic) bond motifs is 1. The highest BCUT2D eigenvalue weighted by Gasteiger charge is 2.38. The molecule has 0 spiro atoms. The van der Waals surface area contributed by atoms with Gasteiger partial charge in [0, 0.05) is 18.0 Å². The van der Waals surface area contributed by atoms with Gasteiger partial charge in [0.25, 0.3) is 0 Å². The first-order valence-corrected chi connectivity index (χ1v) is 5.56. The van der Waals surface area contributed by atoms with Crippen LogP contribution in [-0.4, -0.2) is 19.7 Å². The van der Waals surface area contributed by atoms with E-state index in [0.717, 1.165) is 19.2 Å². The summed E-state index contributed by atoms with van der Waals surface area (Å²) in [6.45, 7) is 0.253. The molecule has 0 saturated carbocycles.